The molecule has 8 unspecified atom stereocenters. The van der Waals surface area contributed by atoms with Gasteiger partial charge in [-0.3, -0.25) is 9.59 Å². The van der Waals surface area contributed by atoms with Gasteiger partial charge < -0.3 is 45.1 Å². The van der Waals surface area contributed by atoms with Gasteiger partial charge in [0, 0.05) is 6.42 Å². The van der Waals surface area contributed by atoms with Crippen molar-refractivity contribution in [1.82, 2.24) is 5.32 Å². The standard InChI is InChI=1S/C72H125NO10/c1-4-7-10-13-16-19-22-24-26-28-30-31-32-33-34-35-36-38-40-42-45-48-51-54-57-60-67(77)83-70-69(79)68(78)66(61-74)82-72(70)81-62-63(64(75)58-55-52-49-46-43-21-18-15-12-9-6-3)73-71(80)65(76)59-56-53-50-47-44-41-39-37-29-27-25-23-20-17-14-11-8-5-2/h16-17,19-20,24-27,30-31,33-34,37,39,55,58,63-66,68-70,72,74-76,78-79H,4-15,18,21-23,28-29,32,35-36,38,40-54,56-57,59-62H2,1-3H3,(H,73,80)/b19-16-,20-17-,26-24-,27-25-,31-30-,34-33-,39-37-,58-55+. The topological polar surface area (TPSA) is 175 Å². The molecule has 0 aromatic rings. The fraction of sp³-hybridized carbons (Fsp3) is 0.750. The summed E-state index contributed by atoms with van der Waals surface area (Å²) >= 11 is 0. The van der Waals surface area contributed by atoms with Crippen LogP contribution in [-0.2, 0) is 23.8 Å². The van der Waals surface area contributed by atoms with Gasteiger partial charge in [0.2, 0.25) is 5.91 Å². The van der Waals surface area contributed by atoms with E-state index in [1.54, 1.807) is 6.08 Å². The van der Waals surface area contributed by atoms with Crippen molar-refractivity contribution in [3.8, 4) is 0 Å². The normalized spacial score (nSPS) is 19.2. The summed E-state index contributed by atoms with van der Waals surface area (Å²) in [4.78, 5) is 26.6. The van der Waals surface area contributed by atoms with E-state index in [-0.39, 0.29) is 19.4 Å². The Morgan fingerprint density at radius 2 is 0.831 bits per heavy atom. The number of aliphatic hydroxyl groups is 5. The maximum Gasteiger partial charge on any atom is 0.306 e. The van der Waals surface area contributed by atoms with Gasteiger partial charge >= 0.3 is 5.97 Å². The lowest BCUT2D eigenvalue weighted by atomic mass is 9.99. The molecule has 0 bridgehead atoms. The molecule has 0 radical (unpaired) electrons. The molecule has 0 aromatic carbocycles. The van der Waals surface area contributed by atoms with Crippen LogP contribution in [0.25, 0.3) is 0 Å². The largest absolute Gasteiger partial charge is 0.454 e. The average molecular weight is 1160 g/mol. The van der Waals surface area contributed by atoms with Gasteiger partial charge in [-0.1, -0.05) is 266 Å². The quantitative estimate of drug-likeness (QED) is 0.0195. The molecule has 1 heterocycles. The molecular formula is C72H125NO10. The minimum absolute atomic E-state index is 0.110. The molecule has 0 aromatic heterocycles. The Labute approximate surface area is 507 Å². The molecule has 1 aliphatic rings. The SMILES string of the molecule is CCCCC/C=C\C/C=C\C/C=C\C/C=C\CCCCCCCCCCCC(=O)OC1C(OCC(NC(=O)C(O)CCCCCCC/C=C\C/C=C\C/C=C\CCCCC)C(O)/C=C/CCCCCCCCCCC)OC(CO)C(O)C1O. The Balaban J connectivity index is 2.60. The van der Waals surface area contributed by atoms with E-state index >= 15 is 0 Å². The fourth-order valence-corrected chi connectivity index (χ4v) is 10.1. The summed E-state index contributed by atoms with van der Waals surface area (Å²) in [5.74, 6) is -1.22. The second-order valence-corrected chi connectivity index (χ2v) is 23.2. The van der Waals surface area contributed by atoms with E-state index in [0.717, 1.165) is 122 Å². The van der Waals surface area contributed by atoms with Gasteiger partial charge in [-0.25, -0.2) is 0 Å². The Kier molecular flexibility index (Phi) is 55.1. The monoisotopic (exact) mass is 1160 g/mol. The van der Waals surface area contributed by atoms with E-state index in [1.807, 2.05) is 6.08 Å². The lowest BCUT2D eigenvalue weighted by Crippen LogP contribution is -2.61. The second kappa shape index (κ2) is 58.9. The zero-order chi connectivity index (χ0) is 60.3. The number of hydrogen-bond donors (Lipinski definition) is 6. The first-order valence-electron chi connectivity index (χ1n) is 34.0. The van der Waals surface area contributed by atoms with E-state index < -0.39 is 67.4 Å². The van der Waals surface area contributed by atoms with Gasteiger partial charge in [0.25, 0.3) is 0 Å². The molecule has 83 heavy (non-hydrogen) atoms. The van der Waals surface area contributed by atoms with Crippen molar-refractivity contribution in [2.45, 2.75) is 333 Å². The highest BCUT2D eigenvalue weighted by Gasteiger charge is 2.47. The van der Waals surface area contributed by atoms with Crippen LogP contribution < -0.4 is 5.32 Å². The van der Waals surface area contributed by atoms with Crippen molar-refractivity contribution in [3.63, 3.8) is 0 Å². The molecule has 1 fully saturated rings. The summed E-state index contributed by atoms with van der Waals surface area (Å²) in [5.41, 5.74) is 0. The highest BCUT2D eigenvalue weighted by Crippen LogP contribution is 2.26. The maximum absolute atomic E-state index is 13.4. The summed E-state index contributed by atoms with van der Waals surface area (Å²) in [6.45, 7) is 5.72. The number of amides is 1. The summed E-state index contributed by atoms with van der Waals surface area (Å²) < 4.78 is 17.7. The molecule has 0 spiro atoms. The van der Waals surface area contributed by atoms with Crippen LogP contribution in [0, 0.1) is 0 Å². The first-order valence-corrected chi connectivity index (χ1v) is 34.0. The maximum atomic E-state index is 13.4. The molecule has 1 rings (SSSR count). The van der Waals surface area contributed by atoms with Crippen LogP contribution in [-0.4, -0.2) is 99.6 Å². The number of nitrogens with one attached hydrogen (secondary N) is 1. The molecule has 0 saturated carbocycles. The Hall–Kier alpha value is -3.42. The zero-order valence-corrected chi connectivity index (χ0v) is 53.0. The number of unbranched alkanes of at least 4 members (excludes halogenated alkanes) is 29. The molecule has 1 amide bonds. The van der Waals surface area contributed by atoms with E-state index in [2.05, 4.69) is 111 Å². The molecule has 0 aliphatic carbocycles. The number of carbonyl (C=O) groups is 2. The number of aliphatic hydroxyl groups excluding tert-OH is 5. The lowest BCUT2D eigenvalue weighted by molar-refractivity contribution is -0.305. The number of hydrogen-bond acceptors (Lipinski definition) is 10. The molecule has 8 atom stereocenters. The summed E-state index contributed by atoms with van der Waals surface area (Å²) in [6, 6.07) is -1.04. The fourth-order valence-electron chi connectivity index (χ4n) is 10.1. The van der Waals surface area contributed by atoms with Crippen LogP contribution in [0.2, 0.25) is 0 Å². The first-order chi connectivity index (χ1) is 40.7. The number of rotatable bonds is 57. The average Bonchev–Trinajstić information content (AvgIpc) is 3.67. The molecular weight excluding hydrogens is 1040 g/mol. The van der Waals surface area contributed by atoms with Crippen molar-refractivity contribution < 1.29 is 49.3 Å². The minimum atomic E-state index is -1.62. The molecule has 11 heteroatoms. The van der Waals surface area contributed by atoms with Crippen LogP contribution in [0.4, 0.5) is 0 Å². The van der Waals surface area contributed by atoms with E-state index in [0.29, 0.717) is 12.8 Å². The molecule has 478 valence electrons. The van der Waals surface area contributed by atoms with Crippen molar-refractivity contribution in [2.75, 3.05) is 13.2 Å². The van der Waals surface area contributed by atoms with Crippen molar-refractivity contribution >= 4 is 11.9 Å². The van der Waals surface area contributed by atoms with Crippen LogP contribution in [0.3, 0.4) is 0 Å². The summed E-state index contributed by atoms with van der Waals surface area (Å²) in [5, 5.41) is 57.1. The number of esters is 1. The van der Waals surface area contributed by atoms with Crippen molar-refractivity contribution in [3.05, 3.63) is 97.2 Å². The van der Waals surface area contributed by atoms with E-state index in [1.165, 1.54) is 116 Å². The lowest BCUT2D eigenvalue weighted by Gasteiger charge is -2.41. The minimum Gasteiger partial charge on any atom is -0.454 e. The van der Waals surface area contributed by atoms with Crippen molar-refractivity contribution in [2.24, 2.45) is 0 Å². The van der Waals surface area contributed by atoms with E-state index in [4.69, 9.17) is 14.2 Å². The highest BCUT2D eigenvalue weighted by atomic mass is 16.7. The third-order valence-electron chi connectivity index (χ3n) is 15.5. The smallest absolute Gasteiger partial charge is 0.306 e. The molecule has 11 nitrogen and oxygen atoms in total. The predicted octanol–water partition coefficient (Wildman–Crippen LogP) is 17.1. The van der Waals surface area contributed by atoms with Crippen LogP contribution in [0.5, 0.6) is 0 Å². The van der Waals surface area contributed by atoms with Gasteiger partial charge in [-0.05, 0) is 109 Å². The molecule has 1 saturated heterocycles. The van der Waals surface area contributed by atoms with Crippen LogP contribution >= 0.6 is 0 Å². The number of ether oxygens (including phenoxy) is 3. The molecule has 6 N–H and O–H groups in total. The third kappa shape index (κ3) is 46.5. The second-order valence-electron chi connectivity index (χ2n) is 23.2. The van der Waals surface area contributed by atoms with Gasteiger partial charge in [0.05, 0.1) is 25.4 Å². The van der Waals surface area contributed by atoms with E-state index in [9.17, 15) is 35.1 Å². The summed E-state index contributed by atoms with van der Waals surface area (Å²) in [7, 11) is 0. The number of carbonyl (C=O) groups excluding carboxylic acids is 2. The highest BCUT2D eigenvalue weighted by molar-refractivity contribution is 5.80. The van der Waals surface area contributed by atoms with Crippen molar-refractivity contribution in [1.29, 1.82) is 0 Å². The zero-order valence-electron chi connectivity index (χ0n) is 53.0. The number of allylic oxidation sites excluding steroid dienone is 15. The summed E-state index contributed by atoms with van der Waals surface area (Å²) in [6.07, 6.45) is 68.7. The van der Waals surface area contributed by atoms with Gasteiger partial charge in [0.15, 0.2) is 12.4 Å². The van der Waals surface area contributed by atoms with Gasteiger partial charge in [-0.15, -0.1) is 0 Å². The Morgan fingerprint density at radius 1 is 0.470 bits per heavy atom. The van der Waals surface area contributed by atoms with Gasteiger partial charge in [-0.2, -0.15) is 0 Å². The van der Waals surface area contributed by atoms with Gasteiger partial charge in [0.1, 0.15) is 24.4 Å². The van der Waals surface area contributed by atoms with Crippen LogP contribution in [0.15, 0.2) is 97.2 Å². The molecule has 1 aliphatic heterocycles. The first kappa shape index (κ1) is 77.6. The Morgan fingerprint density at radius 3 is 1.27 bits per heavy atom. The Bertz CT molecular complexity index is 1720. The third-order valence-corrected chi connectivity index (χ3v) is 15.5. The predicted molar refractivity (Wildman–Crippen MR) is 347 cm³/mol. The van der Waals surface area contributed by atoms with Crippen LogP contribution in [0.1, 0.15) is 284 Å².